The molecule has 3 rings (SSSR count). The van der Waals surface area contributed by atoms with Crippen LogP contribution >= 0.6 is 11.6 Å². The van der Waals surface area contributed by atoms with E-state index in [0.717, 1.165) is 5.69 Å². The Morgan fingerprint density at radius 1 is 1.19 bits per heavy atom. The SMILES string of the molecule is Cc1nc2ccc(Cl)cn2c1C(=O)N(C)c1ccccc1. The molecule has 0 fully saturated rings. The highest BCUT2D eigenvalue weighted by Crippen LogP contribution is 2.20. The minimum Gasteiger partial charge on any atom is -0.310 e. The van der Waals surface area contributed by atoms with Crippen molar-refractivity contribution in [2.45, 2.75) is 6.92 Å². The van der Waals surface area contributed by atoms with Gasteiger partial charge in [-0.1, -0.05) is 29.8 Å². The van der Waals surface area contributed by atoms with E-state index in [1.807, 2.05) is 37.3 Å². The minimum atomic E-state index is -0.117. The van der Waals surface area contributed by atoms with Crippen LogP contribution in [0.3, 0.4) is 0 Å². The van der Waals surface area contributed by atoms with Crippen molar-refractivity contribution in [3.63, 3.8) is 0 Å². The van der Waals surface area contributed by atoms with Crippen LogP contribution in [-0.4, -0.2) is 22.3 Å². The van der Waals surface area contributed by atoms with Crippen molar-refractivity contribution in [1.82, 2.24) is 9.38 Å². The summed E-state index contributed by atoms with van der Waals surface area (Å²) in [5.41, 5.74) is 2.75. The third-order valence-electron chi connectivity index (χ3n) is 3.41. The lowest BCUT2D eigenvalue weighted by Crippen LogP contribution is -2.28. The van der Waals surface area contributed by atoms with Gasteiger partial charge in [-0.15, -0.1) is 0 Å². The molecule has 0 unspecified atom stereocenters. The fourth-order valence-electron chi connectivity index (χ4n) is 2.32. The van der Waals surface area contributed by atoms with Crippen LogP contribution in [0.1, 0.15) is 16.2 Å². The van der Waals surface area contributed by atoms with Gasteiger partial charge in [0.15, 0.2) is 0 Å². The number of anilines is 1. The van der Waals surface area contributed by atoms with Crippen molar-refractivity contribution in [3.8, 4) is 0 Å². The van der Waals surface area contributed by atoms with Crippen molar-refractivity contribution in [3.05, 3.63) is 65.1 Å². The zero-order valence-electron chi connectivity index (χ0n) is 11.7. The second kappa shape index (κ2) is 5.22. The van der Waals surface area contributed by atoms with Gasteiger partial charge in [0.25, 0.3) is 5.91 Å². The number of hydrogen-bond donors (Lipinski definition) is 0. The summed E-state index contributed by atoms with van der Waals surface area (Å²) in [6.45, 7) is 1.83. The summed E-state index contributed by atoms with van der Waals surface area (Å²) in [4.78, 5) is 18.8. The first kappa shape index (κ1) is 13.6. The van der Waals surface area contributed by atoms with E-state index in [1.54, 1.807) is 34.7 Å². The van der Waals surface area contributed by atoms with Gasteiger partial charge in [0.05, 0.1) is 10.7 Å². The number of aryl methyl sites for hydroxylation is 1. The Kier molecular flexibility index (Phi) is 3.39. The van der Waals surface area contributed by atoms with Gasteiger partial charge >= 0.3 is 0 Å². The topological polar surface area (TPSA) is 37.6 Å². The number of nitrogens with zero attached hydrogens (tertiary/aromatic N) is 3. The normalized spacial score (nSPS) is 10.8. The second-order valence-corrected chi connectivity index (χ2v) is 5.26. The van der Waals surface area contributed by atoms with Gasteiger partial charge in [0.2, 0.25) is 0 Å². The molecule has 0 saturated heterocycles. The van der Waals surface area contributed by atoms with Crippen LogP contribution in [-0.2, 0) is 0 Å². The Bertz CT molecular complexity index is 811. The molecule has 4 nitrogen and oxygen atoms in total. The van der Waals surface area contributed by atoms with Crippen LogP contribution in [0.2, 0.25) is 5.02 Å². The Morgan fingerprint density at radius 3 is 2.62 bits per heavy atom. The van der Waals surface area contributed by atoms with Crippen molar-refractivity contribution >= 4 is 28.8 Å². The lowest BCUT2D eigenvalue weighted by atomic mass is 10.2. The number of benzene rings is 1. The smallest absolute Gasteiger partial charge is 0.276 e. The van der Waals surface area contributed by atoms with Crippen LogP contribution < -0.4 is 4.90 Å². The third-order valence-corrected chi connectivity index (χ3v) is 3.63. The van der Waals surface area contributed by atoms with Crippen molar-refractivity contribution in [2.24, 2.45) is 0 Å². The van der Waals surface area contributed by atoms with Crippen molar-refractivity contribution in [1.29, 1.82) is 0 Å². The average molecular weight is 300 g/mol. The molecule has 0 saturated carbocycles. The Hall–Kier alpha value is -2.33. The number of carbonyl (C=O) groups is 1. The zero-order chi connectivity index (χ0) is 15.0. The molecular formula is C16H14ClN3O. The molecule has 0 aliphatic heterocycles. The predicted molar refractivity (Wildman–Crippen MR) is 84.1 cm³/mol. The molecule has 0 N–H and O–H groups in total. The Morgan fingerprint density at radius 2 is 1.90 bits per heavy atom. The molecule has 5 heteroatoms. The molecule has 1 aromatic carbocycles. The molecule has 2 heterocycles. The highest BCUT2D eigenvalue weighted by molar-refractivity contribution is 6.30. The monoisotopic (exact) mass is 299 g/mol. The highest BCUT2D eigenvalue weighted by atomic mass is 35.5. The van der Waals surface area contributed by atoms with Gasteiger partial charge in [-0.25, -0.2) is 4.98 Å². The number of rotatable bonds is 2. The number of carbonyl (C=O) groups excluding carboxylic acids is 1. The lowest BCUT2D eigenvalue weighted by molar-refractivity contribution is 0.0987. The highest BCUT2D eigenvalue weighted by Gasteiger charge is 2.21. The molecule has 2 aromatic heterocycles. The lowest BCUT2D eigenvalue weighted by Gasteiger charge is -2.17. The maximum atomic E-state index is 12.8. The first-order chi connectivity index (χ1) is 10.1. The Labute approximate surface area is 127 Å². The largest absolute Gasteiger partial charge is 0.310 e. The molecule has 21 heavy (non-hydrogen) atoms. The maximum Gasteiger partial charge on any atom is 0.276 e. The summed E-state index contributed by atoms with van der Waals surface area (Å²) in [7, 11) is 1.75. The van der Waals surface area contributed by atoms with E-state index in [1.165, 1.54) is 0 Å². The van der Waals surface area contributed by atoms with E-state index >= 15 is 0 Å². The quantitative estimate of drug-likeness (QED) is 0.725. The fraction of sp³-hybridized carbons (Fsp3) is 0.125. The number of halogens is 1. The van der Waals surface area contributed by atoms with E-state index in [-0.39, 0.29) is 5.91 Å². The Balaban J connectivity index is 2.09. The van der Waals surface area contributed by atoms with Crippen LogP contribution in [0.15, 0.2) is 48.7 Å². The molecule has 1 amide bonds. The van der Waals surface area contributed by atoms with E-state index in [0.29, 0.717) is 22.1 Å². The summed E-state index contributed by atoms with van der Waals surface area (Å²) in [6, 6.07) is 13.1. The molecule has 0 atom stereocenters. The summed E-state index contributed by atoms with van der Waals surface area (Å²) < 4.78 is 1.74. The fourth-order valence-corrected chi connectivity index (χ4v) is 2.48. The zero-order valence-corrected chi connectivity index (χ0v) is 12.5. The van der Waals surface area contributed by atoms with Crippen LogP contribution in [0.5, 0.6) is 0 Å². The summed E-state index contributed by atoms with van der Waals surface area (Å²) in [6.07, 6.45) is 1.71. The first-order valence-corrected chi connectivity index (χ1v) is 6.93. The number of imidazole rings is 1. The van der Waals surface area contributed by atoms with Gasteiger partial charge in [-0.2, -0.15) is 0 Å². The average Bonchev–Trinajstić information content (AvgIpc) is 2.82. The molecule has 0 radical (unpaired) electrons. The van der Waals surface area contributed by atoms with Gasteiger partial charge in [-0.05, 0) is 31.2 Å². The summed E-state index contributed by atoms with van der Waals surface area (Å²) in [5, 5.41) is 0.566. The van der Waals surface area contributed by atoms with E-state index in [4.69, 9.17) is 11.6 Å². The third kappa shape index (κ3) is 2.38. The molecule has 0 bridgehead atoms. The van der Waals surface area contributed by atoms with Crippen LogP contribution in [0.25, 0.3) is 5.65 Å². The molecule has 106 valence electrons. The predicted octanol–water partition coefficient (Wildman–Crippen LogP) is 3.57. The van der Waals surface area contributed by atoms with E-state index < -0.39 is 0 Å². The van der Waals surface area contributed by atoms with E-state index in [9.17, 15) is 4.79 Å². The summed E-state index contributed by atoms with van der Waals surface area (Å²) >= 11 is 6.03. The second-order valence-electron chi connectivity index (χ2n) is 4.82. The van der Waals surface area contributed by atoms with Crippen molar-refractivity contribution < 1.29 is 4.79 Å². The first-order valence-electron chi connectivity index (χ1n) is 6.55. The molecule has 0 aliphatic carbocycles. The summed E-state index contributed by atoms with van der Waals surface area (Å²) in [5.74, 6) is -0.117. The van der Waals surface area contributed by atoms with Crippen molar-refractivity contribution in [2.75, 3.05) is 11.9 Å². The minimum absolute atomic E-state index is 0.117. The van der Waals surface area contributed by atoms with E-state index in [2.05, 4.69) is 4.98 Å². The number of fused-ring (bicyclic) bond motifs is 1. The number of pyridine rings is 1. The van der Waals surface area contributed by atoms with Gasteiger partial charge in [-0.3, -0.25) is 9.20 Å². The van der Waals surface area contributed by atoms with Gasteiger partial charge in [0.1, 0.15) is 11.3 Å². The van der Waals surface area contributed by atoms with Crippen LogP contribution in [0, 0.1) is 6.92 Å². The number of hydrogen-bond acceptors (Lipinski definition) is 2. The standard InChI is InChI=1S/C16H14ClN3O/c1-11-15(20-10-12(17)8-9-14(20)18-11)16(21)19(2)13-6-4-3-5-7-13/h3-10H,1-2H3. The molecule has 3 aromatic rings. The number of para-hydroxylation sites is 1. The number of amides is 1. The molecule has 0 aliphatic rings. The number of aromatic nitrogens is 2. The van der Waals surface area contributed by atoms with Crippen LogP contribution in [0.4, 0.5) is 5.69 Å². The maximum absolute atomic E-state index is 12.8. The molecule has 0 spiro atoms. The van der Waals surface area contributed by atoms with Gasteiger partial charge in [0, 0.05) is 18.9 Å². The molecular weight excluding hydrogens is 286 g/mol. The van der Waals surface area contributed by atoms with Gasteiger partial charge < -0.3 is 4.90 Å².